The van der Waals surface area contributed by atoms with Crippen molar-refractivity contribution in [2.24, 2.45) is 5.73 Å². The van der Waals surface area contributed by atoms with E-state index in [2.05, 4.69) is 10.2 Å². The molecule has 19 heavy (non-hydrogen) atoms. The molecule has 0 aromatic carbocycles. The third-order valence-corrected chi connectivity index (χ3v) is 5.53. The van der Waals surface area contributed by atoms with Crippen LogP contribution in [-0.2, 0) is 6.42 Å². The van der Waals surface area contributed by atoms with Crippen LogP contribution in [0.25, 0.3) is 4.96 Å². The maximum atomic E-state index is 6.44. The van der Waals surface area contributed by atoms with Gasteiger partial charge in [0.2, 0.25) is 4.96 Å². The fourth-order valence-electron chi connectivity index (χ4n) is 3.22. The summed E-state index contributed by atoms with van der Waals surface area (Å²) in [6.07, 6.45) is 9.43. The van der Waals surface area contributed by atoms with E-state index in [0.29, 0.717) is 5.92 Å². The van der Waals surface area contributed by atoms with Crippen LogP contribution in [-0.4, -0.2) is 25.4 Å². The Morgan fingerprint density at radius 3 is 2.68 bits per heavy atom. The van der Waals surface area contributed by atoms with Crippen molar-refractivity contribution in [3.8, 4) is 0 Å². The molecule has 2 aromatic heterocycles. The van der Waals surface area contributed by atoms with Crippen LogP contribution in [0.3, 0.4) is 0 Å². The number of aromatic nitrogens is 4. The van der Waals surface area contributed by atoms with Gasteiger partial charge >= 0.3 is 0 Å². The van der Waals surface area contributed by atoms with Gasteiger partial charge in [0, 0.05) is 17.9 Å². The van der Waals surface area contributed by atoms with Crippen LogP contribution in [0.1, 0.15) is 61.7 Å². The summed E-state index contributed by atoms with van der Waals surface area (Å²) in [5.74, 6) is 1.63. The fraction of sp³-hybridized carbons (Fsp3) is 0.769. The largest absolute Gasteiger partial charge is 0.325 e. The van der Waals surface area contributed by atoms with E-state index in [1.54, 1.807) is 11.3 Å². The van der Waals surface area contributed by atoms with Gasteiger partial charge in [-0.15, -0.1) is 10.2 Å². The molecule has 0 bridgehead atoms. The second-order valence-electron chi connectivity index (χ2n) is 6.12. The monoisotopic (exact) mass is 277 g/mol. The highest BCUT2D eigenvalue weighted by Gasteiger charge is 2.32. The highest BCUT2D eigenvalue weighted by molar-refractivity contribution is 7.16. The zero-order valence-electron chi connectivity index (χ0n) is 11.0. The van der Waals surface area contributed by atoms with Crippen molar-refractivity contribution in [1.82, 2.24) is 19.8 Å². The van der Waals surface area contributed by atoms with E-state index in [1.807, 2.05) is 4.52 Å². The summed E-state index contributed by atoms with van der Waals surface area (Å²) in [5, 5.41) is 14.4. The quantitative estimate of drug-likeness (QED) is 0.934. The lowest BCUT2D eigenvalue weighted by atomic mass is 9.85. The Bertz CT molecular complexity index is 591. The van der Waals surface area contributed by atoms with Crippen LogP contribution < -0.4 is 5.73 Å². The van der Waals surface area contributed by atoms with Crippen molar-refractivity contribution in [2.45, 2.75) is 62.8 Å². The minimum absolute atomic E-state index is 0.0279. The lowest BCUT2D eigenvalue weighted by molar-refractivity contribution is 0.393. The first kappa shape index (κ1) is 11.8. The van der Waals surface area contributed by atoms with E-state index < -0.39 is 0 Å². The molecule has 0 amide bonds. The standard InChI is InChI=1S/C13H19N5S/c14-13(6-1-2-7-13)8-10-17-18-11(9-4-3-5-9)15-16-12(18)19-10/h9H,1-8,14H2. The maximum Gasteiger partial charge on any atom is 0.234 e. The smallest absolute Gasteiger partial charge is 0.234 e. The Labute approximate surface area is 116 Å². The molecule has 0 spiro atoms. The van der Waals surface area contributed by atoms with Crippen molar-refractivity contribution in [3.05, 3.63) is 10.8 Å². The van der Waals surface area contributed by atoms with Crippen LogP contribution >= 0.6 is 11.3 Å². The average Bonchev–Trinajstić information content (AvgIpc) is 2.95. The lowest BCUT2D eigenvalue weighted by Gasteiger charge is -2.22. The fourth-order valence-corrected chi connectivity index (χ4v) is 4.22. The highest BCUT2D eigenvalue weighted by atomic mass is 32.1. The first-order chi connectivity index (χ1) is 9.23. The number of rotatable bonds is 3. The van der Waals surface area contributed by atoms with Crippen LogP contribution in [0.15, 0.2) is 0 Å². The van der Waals surface area contributed by atoms with E-state index in [-0.39, 0.29) is 5.54 Å². The average molecular weight is 277 g/mol. The maximum absolute atomic E-state index is 6.44. The molecule has 2 heterocycles. The molecule has 0 radical (unpaired) electrons. The number of nitrogens with zero attached hydrogens (tertiary/aromatic N) is 4. The van der Waals surface area contributed by atoms with Crippen molar-refractivity contribution in [1.29, 1.82) is 0 Å². The van der Waals surface area contributed by atoms with Crippen molar-refractivity contribution in [3.63, 3.8) is 0 Å². The summed E-state index contributed by atoms with van der Waals surface area (Å²) in [7, 11) is 0. The normalized spacial score (nSPS) is 23.0. The summed E-state index contributed by atoms with van der Waals surface area (Å²) in [4.78, 5) is 0.929. The van der Waals surface area contributed by atoms with Crippen LogP contribution in [0.5, 0.6) is 0 Å². The van der Waals surface area contributed by atoms with Gasteiger partial charge in [-0.25, -0.2) is 0 Å². The molecule has 0 unspecified atom stereocenters. The van der Waals surface area contributed by atoms with E-state index in [4.69, 9.17) is 10.8 Å². The Morgan fingerprint density at radius 1 is 1.21 bits per heavy atom. The Balaban J connectivity index is 1.62. The Morgan fingerprint density at radius 2 is 2.00 bits per heavy atom. The summed E-state index contributed by atoms with van der Waals surface area (Å²) in [6.45, 7) is 0. The topological polar surface area (TPSA) is 69.1 Å². The number of fused-ring (bicyclic) bond motifs is 1. The molecule has 6 heteroatoms. The molecule has 5 nitrogen and oxygen atoms in total. The molecule has 4 rings (SSSR count). The van der Waals surface area contributed by atoms with Gasteiger partial charge in [0.05, 0.1) is 0 Å². The molecule has 2 aliphatic carbocycles. The van der Waals surface area contributed by atoms with Crippen LogP contribution in [0.2, 0.25) is 0 Å². The van der Waals surface area contributed by atoms with Gasteiger partial charge < -0.3 is 5.73 Å². The SMILES string of the molecule is NC1(Cc2nn3c(C4CCC4)nnc3s2)CCCC1. The number of hydrogen-bond donors (Lipinski definition) is 1. The molecule has 2 aromatic rings. The lowest BCUT2D eigenvalue weighted by Crippen LogP contribution is -2.38. The van der Waals surface area contributed by atoms with Gasteiger partial charge in [-0.3, -0.25) is 0 Å². The molecule has 2 N–H and O–H groups in total. The summed E-state index contributed by atoms with van der Waals surface area (Å²) in [6, 6.07) is 0. The van der Waals surface area contributed by atoms with E-state index in [1.165, 1.54) is 32.1 Å². The Hall–Kier alpha value is -1.01. The summed E-state index contributed by atoms with van der Waals surface area (Å²) >= 11 is 1.65. The van der Waals surface area contributed by atoms with E-state index in [0.717, 1.165) is 35.1 Å². The van der Waals surface area contributed by atoms with Crippen molar-refractivity contribution < 1.29 is 0 Å². The van der Waals surface area contributed by atoms with Crippen molar-refractivity contribution >= 4 is 16.3 Å². The zero-order valence-corrected chi connectivity index (χ0v) is 11.8. The number of hydrogen-bond acceptors (Lipinski definition) is 5. The van der Waals surface area contributed by atoms with Gasteiger partial charge in [0.15, 0.2) is 5.82 Å². The van der Waals surface area contributed by atoms with Crippen LogP contribution in [0, 0.1) is 0 Å². The predicted molar refractivity (Wildman–Crippen MR) is 74.3 cm³/mol. The van der Waals surface area contributed by atoms with Crippen LogP contribution in [0.4, 0.5) is 0 Å². The molecule has 0 atom stereocenters. The first-order valence-electron chi connectivity index (χ1n) is 7.23. The van der Waals surface area contributed by atoms with Gasteiger partial charge in [-0.2, -0.15) is 9.61 Å². The summed E-state index contributed by atoms with van der Waals surface area (Å²) < 4.78 is 1.96. The third kappa shape index (κ3) is 1.97. The molecular formula is C13H19N5S. The minimum atomic E-state index is -0.0279. The van der Waals surface area contributed by atoms with Gasteiger partial charge in [-0.05, 0) is 25.7 Å². The molecule has 2 aliphatic rings. The molecule has 0 aliphatic heterocycles. The zero-order chi connectivity index (χ0) is 12.9. The van der Waals surface area contributed by atoms with E-state index >= 15 is 0 Å². The van der Waals surface area contributed by atoms with E-state index in [9.17, 15) is 0 Å². The van der Waals surface area contributed by atoms with Crippen molar-refractivity contribution in [2.75, 3.05) is 0 Å². The first-order valence-corrected chi connectivity index (χ1v) is 8.05. The predicted octanol–water partition coefficient (Wildman–Crippen LogP) is 2.27. The van der Waals surface area contributed by atoms with Gasteiger partial charge in [0.25, 0.3) is 0 Å². The molecule has 2 saturated carbocycles. The molecule has 102 valence electrons. The minimum Gasteiger partial charge on any atom is -0.325 e. The summed E-state index contributed by atoms with van der Waals surface area (Å²) in [5.41, 5.74) is 6.41. The second kappa shape index (κ2) is 4.24. The highest BCUT2D eigenvalue weighted by Crippen LogP contribution is 2.36. The third-order valence-electron chi connectivity index (χ3n) is 4.63. The number of nitrogens with two attached hydrogens (primary N) is 1. The Kier molecular flexibility index (Phi) is 2.63. The molecule has 2 fully saturated rings. The molecular weight excluding hydrogens is 258 g/mol. The molecule has 0 saturated heterocycles. The second-order valence-corrected chi connectivity index (χ2v) is 7.16. The van der Waals surface area contributed by atoms with Gasteiger partial charge in [0.1, 0.15) is 5.01 Å². The van der Waals surface area contributed by atoms with Gasteiger partial charge in [-0.1, -0.05) is 30.6 Å².